The van der Waals surface area contributed by atoms with Gasteiger partial charge in [-0.1, -0.05) is 24.3 Å². The van der Waals surface area contributed by atoms with Gasteiger partial charge in [0.15, 0.2) is 11.5 Å². The van der Waals surface area contributed by atoms with E-state index in [1.807, 2.05) is 54.8 Å². The fourth-order valence-corrected chi connectivity index (χ4v) is 4.67. The summed E-state index contributed by atoms with van der Waals surface area (Å²) in [5.74, 6) is 1.98. The third-order valence-electron chi connectivity index (χ3n) is 5.96. The molecule has 3 aromatic rings. The van der Waals surface area contributed by atoms with Crippen molar-refractivity contribution in [3.63, 3.8) is 0 Å². The van der Waals surface area contributed by atoms with Crippen LogP contribution in [0.3, 0.4) is 0 Å². The van der Waals surface area contributed by atoms with Crippen LogP contribution in [0.4, 0.5) is 5.69 Å². The Kier molecular flexibility index (Phi) is 6.70. The molecule has 6 nitrogen and oxygen atoms in total. The molecule has 1 aliphatic heterocycles. The Bertz CT molecular complexity index is 1110. The minimum Gasteiger partial charge on any atom is -0.497 e. The number of β-lactam (4-membered cyclic amide) rings is 1. The van der Waals surface area contributed by atoms with Gasteiger partial charge in [-0.25, -0.2) is 0 Å². The Balaban J connectivity index is 1.80. The molecule has 3 aromatic carbocycles. The average Bonchev–Trinajstić information content (AvgIpc) is 2.87. The van der Waals surface area contributed by atoms with Gasteiger partial charge in [-0.2, -0.15) is 0 Å². The second kappa shape index (κ2) is 9.67. The van der Waals surface area contributed by atoms with Crippen molar-refractivity contribution in [2.75, 3.05) is 39.6 Å². The van der Waals surface area contributed by atoms with Crippen LogP contribution in [-0.2, 0) is 4.79 Å². The van der Waals surface area contributed by atoms with Gasteiger partial charge < -0.3 is 23.8 Å². The predicted molar refractivity (Wildman–Crippen MR) is 130 cm³/mol. The molecular formula is C26H27NO5S. The number of anilines is 1. The molecular weight excluding hydrogens is 438 g/mol. The van der Waals surface area contributed by atoms with Crippen LogP contribution < -0.4 is 23.8 Å². The normalized spacial score (nSPS) is 17.4. The summed E-state index contributed by atoms with van der Waals surface area (Å²) in [5.41, 5.74) is 2.69. The topological polar surface area (TPSA) is 57.2 Å². The molecule has 0 radical (unpaired) electrons. The van der Waals surface area contributed by atoms with Crippen molar-refractivity contribution in [1.82, 2.24) is 0 Å². The minimum atomic E-state index is -0.298. The molecule has 1 fully saturated rings. The number of methoxy groups -OCH3 is 4. The predicted octanol–water partition coefficient (Wildman–Crippen LogP) is 5.31. The molecule has 0 saturated carbocycles. The zero-order chi connectivity index (χ0) is 23.5. The first-order valence-corrected chi connectivity index (χ1v) is 11.7. The van der Waals surface area contributed by atoms with Crippen LogP contribution in [0, 0.1) is 0 Å². The summed E-state index contributed by atoms with van der Waals surface area (Å²) in [4.78, 5) is 16.5. The molecule has 172 valence electrons. The highest BCUT2D eigenvalue weighted by atomic mass is 32.2. The van der Waals surface area contributed by atoms with Gasteiger partial charge in [-0.3, -0.25) is 4.79 Å². The maximum Gasteiger partial charge on any atom is 0.237 e. The smallest absolute Gasteiger partial charge is 0.237 e. The first-order chi connectivity index (χ1) is 16.1. The lowest BCUT2D eigenvalue weighted by Crippen LogP contribution is -2.53. The number of amides is 1. The summed E-state index contributed by atoms with van der Waals surface area (Å²) in [5, 5.41) is 0. The van der Waals surface area contributed by atoms with Gasteiger partial charge in [0, 0.05) is 17.0 Å². The number of hydrogen-bond donors (Lipinski definition) is 0. The quantitative estimate of drug-likeness (QED) is 0.332. The molecule has 1 aliphatic rings. The van der Waals surface area contributed by atoms with E-state index in [1.165, 1.54) is 0 Å². The third kappa shape index (κ3) is 4.09. The molecule has 0 aliphatic carbocycles. The first kappa shape index (κ1) is 22.9. The number of ether oxygens (including phenoxy) is 4. The van der Waals surface area contributed by atoms with Crippen LogP contribution in [0.2, 0.25) is 0 Å². The Labute approximate surface area is 198 Å². The van der Waals surface area contributed by atoms with Crippen molar-refractivity contribution in [1.29, 1.82) is 0 Å². The molecule has 33 heavy (non-hydrogen) atoms. The van der Waals surface area contributed by atoms with E-state index in [2.05, 4.69) is 12.1 Å². The molecule has 0 spiro atoms. The van der Waals surface area contributed by atoms with E-state index in [-0.39, 0.29) is 17.9 Å². The third-order valence-corrected chi connectivity index (χ3v) is 6.70. The van der Waals surface area contributed by atoms with Gasteiger partial charge in [-0.05, 0) is 41.6 Å². The van der Waals surface area contributed by atoms with Crippen molar-refractivity contribution in [3.8, 4) is 23.0 Å². The Morgan fingerprint density at radius 1 is 0.758 bits per heavy atom. The maximum atomic E-state index is 13.6. The first-order valence-electron chi connectivity index (χ1n) is 10.5. The lowest BCUT2D eigenvalue weighted by atomic mass is 9.77. The Morgan fingerprint density at radius 3 is 1.82 bits per heavy atom. The van der Waals surface area contributed by atoms with Gasteiger partial charge in [0.2, 0.25) is 11.7 Å². The van der Waals surface area contributed by atoms with Gasteiger partial charge >= 0.3 is 0 Å². The van der Waals surface area contributed by atoms with E-state index >= 15 is 0 Å². The van der Waals surface area contributed by atoms with Crippen molar-refractivity contribution in [2.45, 2.75) is 16.9 Å². The minimum absolute atomic E-state index is 0.0157. The number of thioether (sulfide) groups is 1. The molecule has 0 bridgehead atoms. The zero-order valence-corrected chi connectivity index (χ0v) is 20.1. The molecule has 0 N–H and O–H groups in total. The number of benzene rings is 3. The van der Waals surface area contributed by atoms with Crippen LogP contribution in [0.1, 0.15) is 23.1 Å². The highest BCUT2D eigenvalue weighted by Crippen LogP contribution is 2.52. The molecule has 4 rings (SSSR count). The zero-order valence-electron chi connectivity index (χ0n) is 19.3. The summed E-state index contributed by atoms with van der Waals surface area (Å²) in [6.45, 7) is 0. The summed E-state index contributed by atoms with van der Waals surface area (Å²) in [7, 11) is 6.33. The van der Waals surface area contributed by atoms with Crippen molar-refractivity contribution in [3.05, 3.63) is 71.8 Å². The molecule has 0 unspecified atom stereocenters. The standard InChI is InChI=1S/C26H27NO5S/c1-29-19-10-6-17(7-11-19)24-23(16-8-12-20(33-5)13-9-16)26(28)27(24)18-14-21(30-2)25(32-4)22(15-18)31-3/h6-15,23-24H,1-5H3/t23-,24-/m1/s1. The lowest BCUT2D eigenvalue weighted by Gasteiger charge is -2.48. The highest BCUT2D eigenvalue weighted by Gasteiger charge is 2.50. The maximum absolute atomic E-state index is 13.6. The molecule has 1 saturated heterocycles. The second-order valence-electron chi connectivity index (χ2n) is 7.56. The van der Waals surface area contributed by atoms with Crippen molar-refractivity contribution < 1.29 is 23.7 Å². The molecule has 2 atom stereocenters. The average molecular weight is 466 g/mol. The van der Waals surface area contributed by atoms with Gasteiger partial charge in [0.1, 0.15) is 5.75 Å². The molecule has 1 amide bonds. The van der Waals surface area contributed by atoms with E-state index in [9.17, 15) is 4.79 Å². The SMILES string of the molecule is COc1ccc([C@@H]2[C@@H](c3ccc(SC)cc3)C(=O)N2c2cc(OC)c(OC)c(OC)c2)cc1. The molecule has 1 heterocycles. The lowest BCUT2D eigenvalue weighted by molar-refractivity contribution is -0.126. The fraction of sp³-hybridized carbons (Fsp3) is 0.269. The summed E-state index contributed by atoms with van der Waals surface area (Å²) in [6.07, 6.45) is 2.04. The monoisotopic (exact) mass is 465 g/mol. The second-order valence-corrected chi connectivity index (χ2v) is 8.44. The van der Waals surface area contributed by atoms with Gasteiger partial charge in [0.25, 0.3) is 0 Å². The van der Waals surface area contributed by atoms with E-state index in [1.54, 1.807) is 45.1 Å². The number of carbonyl (C=O) groups is 1. The van der Waals surface area contributed by atoms with Crippen molar-refractivity contribution >= 4 is 23.4 Å². The van der Waals surface area contributed by atoms with Crippen LogP contribution in [0.5, 0.6) is 23.0 Å². The largest absolute Gasteiger partial charge is 0.497 e. The van der Waals surface area contributed by atoms with Gasteiger partial charge in [-0.15, -0.1) is 11.8 Å². The summed E-state index contributed by atoms with van der Waals surface area (Å²) in [6, 6.07) is 19.5. The van der Waals surface area contributed by atoms with E-state index in [0.717, 1.165) is 21.8 Å². The number of nitrogens with zero attached hydrogens (tertiary/aromatic N) is 1. The van der Waals surface area contributed by atoms with Crippen LogP contribution in [-0.4, -0.2) is 40.6 Å². The van der Waals surface area contributed by atoms with Crippen LogP contribution in [0.25, 0.3) is 0 Å². The summed E-state index contributed by atoms with van der Waals surface area (Å²) < 4.78 is 21.8. The highest BCUT2D eigenvalue weighted by molar-refractivity contribution is 7.98. The van der Waals surface area contributed by atoms with Crippen molar-refractivity contribution in [2.24, 2.45) is 0 Å². The molecule has 0 aromatic heterocycles. The van der Waals surface area contributed by atoms with Gasteiger partial charge in [0.05, 0.1) is 46.1 Å². The number of hydrogen-bond acceptors (Lipinski definition) is 6. The van der Waals surface area contributed by atoms with E-state index < -0.39 is 0 Å². The van der Waals surface area contributed by atoms with E-state index in [0.29, 0.717) is 22.9 Å². The molecule has 7 heteroatoms. The van der Waals surface area contributed by atoms with E-state index in [4.69, 9.17) is 18.9 Å². The number of rotatable bonds is 8. The Morgan fingerprint density at radius 2 is 1.33 bits per heavy atom. The Hall–Kier alpha value is -3.32. The summed E-state index contributed by atoms with van der Waals surface area (Å²) >= 11 is 1.68. The van der Waals surface area contributed by atoms with Crippen LogP contribution >= 0.6 is 11.8 Å². The number of carbonyl (C=O) groups excluding carboxylic acids is 1. The fourth-order valence-electron chi connectivity index (χ4n) is 4.26. The van der Waals surface area contributed by atoms with Crippen LogP contribution in [0.15, 0.2) is 65.6 Å².